The van der Waals surface area contributed by atoms with E-state index in [4.69, 9.17) is 16.3 Å². The number of benzene rings is 1. The molecule has 0 aliphatic rings. The van der Waals surface area contributed by atoms with Crippen LogP contribution in [0.1, 0.15) is 17.3 Å². The van der Waals surface area contributed by atoms with E-state index in [0.717, 1.165) is 0 Å². The van der Waals surface area contributed by atoms with Gasteiger partial charge >= 0.3 is 5.97 Å². The molecular weight excluding hydrogens is 248 g/mol. The lowest BCUT2D eigenvalue weighted by Gasteiger charge is -2.09. The minimum Gasteiger partial charge on any atom is -0.504 e. The van der Waals surface area contributed by atoms with Crippen molar-refractivity contribution < 1.29 is 24.2 Å². The van der Waals surface area contributed by atoms with Crippen molar-refractivity contribution in [2.45, 2.75) is 6.92 Å². The highest BCUT2D eigenvalue weighted by Gasteiger charge is 2.26. The Balaban J connectivity index is 3.21. The van der Waals surface area contributed by atoms with Gasteiger partial charge in [-0.25, -0.2) is 4.79 Å². The predicted octanol–water partition coefficient (Wildman–Crippen LogP) is 1.80. The summed E-state index contributed by atoms with van der Waals surface area (Å²) in [5.74, 6) is -2.49. The number of hydrogen-bond donors (Lipinski definition) is 1. The lowest BCUT2D eigenvalue weighted by atomic mass is 10.1. The highest BCUT2D eigenvalue weighted by atomic mass is 35.5. The monoisotopic (exact) mass is 258 g/mol. The molecule has 5 nitrogen and oxygen atoms in total. The third kappa shape index (κ3) is 2.68. The summed E-state index contributed by atoms with van der Waals surface area (Å²) < 4.78 is 9.36. The summed E-state index contributed by atoms with van der Waals surface area (Å²) in [5, 5.41) is 9.68. The molecule has 1 aromatic carbocycles. The van der Waals surface area contributed by atoms with Gasteiger partial charge in [0.25, 0.3) is 5.78 Å². The van der Waals surface area contributed by atoms with Crippen LogP contribution in [0.3, 0.4) is 0 Å². The van der Waals surface area contributed by atoms with E-state index in [9.17, 15) is 14.7 Å². The molecule has 0 aliphatic heterocycles. The van der Waals surface area contributed by atoms with Crippen molar-refractivity contribution in [3.05, 3.63) is 22.7 Å². The van der Waals surface area contributed by atoms with Crippen molar-refractivity contribution in [1.29, 1.82) is 0 Å². The van der Waals surface area contributed by atoms with Gasteiger partial charge in [-0.3, -0.25) is 4.79 Å². The van der Waals surface area contributed by atoms with Gasteiger partial charge in [-0.05, 0) is 19.1 Å². The molecule has 0 aliphatic carbocycles. The maximum Gasteiger partial charge on any atom is 0.379 e. The molecule has 0 atom stereocenters. The molecule has 0 spiro atoms. The fourth-order valence-electron chi connectivity index (χ4n) is 1.23. The van der Waals surface area contributed by atoms with Gasteiger partial charge in [0.05, 0.1) is 24.3 Å². The first-order chi connectivity index (χ1) is 8.02. The Morgan fingerprint density at radius 3 is 2.59 bits per heavy atom. The van der Waals surface area contributed by atoms with Crippen LogP contribution in [0, 0.1) is 0 Å². The van der Waals surface area contributed by atoms with Gasteiger partial charge < -0.3 is 14.6 Å². The Kier molecular flexibility index (Phi) is 4.34. The molecule has 0 saturated heterocycles. The molecule has 92 valence electrons. The first-order valence-corrected chi connectivity index (χ1v) is 5.17. The highest BCUT2D eigenvalue weighted by molar-refractivity contribution is 6.46. The topological polar surface area (TPSA) is 72.8 Å². The van der Waals surface area contributed by atoms with Crippen molar-refractivity contribution in [1.82, 2.24) is 0 Å². The third-order valence-electron chi connectivity index (χ3n) is 2.00. The largest absolute Gasteiger partial charge is 0.504 e. The fraction of sp³-hybridized carbons (Fsp3) is 0.273. The van der Waals surface area contributed by atoms with Crippen LogP contribution in [-0.4, -0.2) is 30.6 Å². The Morgan fingerprint density at radius 1 is 1.41 bits per heavy atom. The number of hydrogen-bond acceptors (Lipinski definition) is 5. The Labute approximate surface area is 103 Å². The molecule has 1 rings (SSSR count). The van der Waals surface area contributed by atoms with Crippen molar-refractivity contribution >= 4 is 23.4 Å². The van der Waals surface area contributed by atoms with E-state index in [1.165, 1.54) is 19.2 Å². The number of phenolic OH excluding ortho intramolecular Hbond substituents is 1. The molecule has 0 radical (unpaired) electrons. The van der Waals surface area contributed by atoms with Crippen LogP contribution in [0.25, 0.3) is 0 Å². The standard InChI is InChI=1S/C11H11ClO5/c1-3-17-11(15)10(14)8-6(12)4-5-7(16-2)9(8)13/h4-5,13H,3H2,1-2H3. The Hall–Kier alpha value is -1.75. The maximum absolute atomic E-state index is 11.7. The van der Waals surface area contributed by atoms with Crippen LogP contribution in [0.2, 0.25) is 5.02 Å². The van der Waals surface area contributed by atoms with Gasteiger partial charge in [-0.1, -0.05) is 11.6 Å². The number of esters is 1. The second kappa shape index (κ2) is 5.54. The summed E-state index contributed by atoms with van der Waals surface area (Å²) in [7, 11) is 1.32. The van der Waals surface area contributed by atoms with E-state index in [-0.39, 0.29) is 22.9 Å². The van der Waals surface area contributed by atoms with Crippen LogP contribution < -0.4 is 4.74 Å². The lowest BCUT2D eigenvalue weighted by molar-refractivity contribution is -0.137. The average Bonchev–Trinajstić information content (AvgIpc) is 2.29. The number of ketones is 1. The van der Waals surface area contributed by atoms with E-state index in [0.29, 0.717) is 0 Å². The number of Topliss-reactive ketones (excluding diaryl/α,β-unsaturated/α-hetero) is 1. The second-order valence-electron chi connectivity index (χ2n) is 3.02. The quantitative estimate of drug-likeness (QED) is 0.506. The van der Waals surface area contributed by atoms with E-state index in [1.807, 2.05) is 0 Å². The van der Waals surface area contributed by atoms with Gasteiger partial charge in [-0.15, -0.1) is 0 Å². The molecule has 0 unspecified atom stereocenters. The smallest absolute Gasteiger partial charge is 0.379 e. The Morgan fingerprint density at radius 2 is 2.06 bits per heavy atom. The summed E-state index contributed by atoms with van der Waals surface area (Å²) in [4.78, 5) is 22.9. The zero-order valence-electron chi connectivity index (χ0n) is 9.32. The third-order valence-corrected chi connectivity index (χ3v) is 2.31. The van der Waals surface area contributed by atoms with E-state index >= 15 is 0 Å². The van der Waals surface area contributed by atoms with Gasteiger partial charge in [0, 0.05) is 0 Å². The van der Waals surface area contributed by atoms with E-state index in [1.54, 1.807) is 6.92 Å². The number of methoxy groups -OCH3 is 1. The summed E-state index contributed by atoms with van der Waals surface area (Å²) >= 11 is 5.75. The van der Waals surface area contributed by atoms with Crippen molar-refractivity contribution in [2.24, 2.45) is 0 Å². The van der Waals surface area contributed by atoms with Crippen LogP contribution in [0.5, 0.6) is 11.5 Å². The first kappa shape index (κ1) is 13.3. The minimum absolute atomic E-state index is 0.0404. The maximum atomic E-state index is 11.7. The van der Waals surface area contributed by atoms with E-state index < -0.39 is 17.5 Å². The van der Waals surface area contributed by atoms with Crippen LogP contribution >= 0.6 is 11.6 Å². The average molecular weight is 259 g/mol. The first-order valence-electron chi connectivity index (χ1n) is 4.79. The number of halogens is 1. The van der Waals surface area contributed by atoms with Gasteiger partial charge in [0.15, 0.2) is 11.5 Å². The number of rotatable bonds is 4. The van der Waals surface area contributed by atoms with Crippen molar-refractivity contribution in [2.75, 3.05) is 13.7 Å². The summed E-state index contributed by atoms with van der Waals surface area (Å²) in [6, 6.07) is 2.74. The molecule has 0 fully saturated rings. The number of ether oxygens (including phenoxy) is 2. The molecule has 0 amide bonds. The SMILES string of the molecule is CCOC(=O)C(=O)c1c(Cl)ccc(OC)c1O. The molecule has 0 saturated carbocycles. The number of carbonyl (C=O) groups excluding carboxylic acids is 2. The summed E-state index contributed by atoms with van der Waals surface area (Å²) in [6.07, 6.45) is 0. The fourth-order valence-corrected chi connectivity index (χ4v) is 1.47. The summed E-state index contributed by atoms with van der Waals surface area (Å²) in [6.45, 7) is 1.63. The molecule has 17 heavy (non-hydrogen) atoms. The normalized spacial score (nSPS) is 9.82. The molecular formula is C11H11ClO5. The van der Waals surface area contributed by atoms with Crippen LogP contribution in [0.15, 0.2) is 12.1 Å². The number of carbonyl (C=O) groups is 2. The molecule has 1 aromatic rings. The zero-order valence-corrected chi connectivity index (χ0v) is 10.1. The number of aromatic hydroxyl groups is 1. The molecule has 0 aromatic heterocycles. The second-order valence-corrected chi connectivity index (χ2v) is 3.43. The molecule has 0 heterocycles. The van der Waals surface area contributed by atoms with E-state index in [2.05, 4.69) is 4.74 Å². The van der Waals surface area contributed by atoms with Crippen molar-refractivity contribution in [3.8, 4) is 11.5 Å². The lowest BCUT2D eigenvalue weighted by Crippen LogP contribution is -2.18. The number of phenols is 1. The van der Waals surface area contributed by atoms with Gasteiger partial charge in [0.2, 0.25) is 0 Å². The zero-order chi connectivity index (χ0) is 13.0. The highest BCUT2D eigenvalue weighted by Crippen LogP contribution is 2.35. The van der Waals surface area contributed by atoms with Gasteiger partial charge in [0.1, 0.15) is 0 Å². The van der Waals surface area contributed by atoms with Gasteiger partial charge in [-0.2, -0.15) is 0 Å². The molecule has 6 heteroatoms. The Bertz CT molecular complexity index is 455. The van der Waals surface area contributed by atoms with Crippen molar-refractivity contribution in [3.63, 3.8) is 0 Å². The molecule has 0 bridgehead atoms. The molecule has 1 N–H and O–H groups in total. The predicted molar refractivity (Wildman–Crippen MR) is 60.6 cm³/mol. The van der Waals surface area contributed by atoms with Crippen LogP contribution in [-0.2, 0) is 9.53 Å². The minimum atomic E-state index is -1.07. The van der Waals surface area contributed by atoms with Crippen LogP contribution in [0.4, 0.5) is 0 Å². The summed E-state index contributed by atoms with van der Waals surface area (Å²) in [5.41, 5.74) is -0.315.